The Hall–Kier alpha value is -2.95. The number of fused-ring (bicyclic) bond motifs is 1. The van der Waals surface area contributed by atoms with E-state index in [2.05, 4.69) is 12.2 Å². The summed E-state index contributed by atoms with van der Waals surface area (Å²) in [4.78, 5) is 33.0. The topological polar surface area (TPSA) is 61.8 Å². The van der Waals surface area contributed by atoms with Gasteiger partial charge < -0.3 is 10.2 Å². The Kier molecular flexibility index (Phi) is 7.35. The summed E-state index contributed by atoms with van der Waals surface area (Å²) in [7, 11) is 0. The number of hydrogen-bond acceptors (Lipinski definition) is 3. The Bertz CT molecular complexity index is 964. The quantitative estimate of drug-likeness (QED) is 0.664. The number of carbonyl (C=O) groups is 2. The van der Waals surface area contributed by atoms with Crippen LogP contribution in [0, 0.1) is 5.92 Å². The van der Waals surface area contributed by atoms with Gasteiger partial charge in [-0.2, -0.15) is 0 Å². The number of carbonyl (C=O) groups excluding carboxylic acids is 2. The van der Waals surface area contributed by atoms with Gasteiger partial charge >= 0.3 is 0 Å². The first-order chi connectivity index (χ1) is 15.7. The summed E-state index contributed by atoms with van der Waals surface area (Å²) >= 11 is 0. The van der Waals surface area contributed by atoms with Gasteiger partial charge in [0.05, 0.1) is 11.4 Å². The van der Waals surface area contributed by atoms with Crippen molar-refractivity contribution in [3.63, 3.8) is 0 Å². The van der Waals surface area contributed by atoms with Crippen molar-refractivity contribution in [2.75, 3.05) is 11.4 Å². The summed E-state index contributed by atoms with van der Waals surface area (Å²) in [6, 6.07) is 17.8. The SMILES string of the molecule is CCCN1C(=O)C(NC(=O)CCC2CCCCC2)N=C(c2ccccc2)c2ccccc21. The Morgan fingerprint density at radius 3 is 2.50 bits per heavy atom. The Labute approximate surface area is 190 Å². The molecule has 1 saturated carbocycles. The van der Waals surface area contributed by atoms with Crippen LogP contribution < -0.4 is 10.2 Å². The second kappa shape index (κ2) is 10.6. The molecule has 1 unspecified atom stereocenters. The van der Waals surface area contributed by atoms with Crippen molar-refractivity contribution in [1.29, 1.82) is 0 Å². The molecular formula is C27H33N3O2. The van der Waals surface area contributed by atoms with Gasteiger partial charge in [0.25, 0.3) is 5.91 Å². The van der Waals surface area contributed by atoms with Crippen molar-refractivity contribution in [3.8, 4) is 0 Å². The molecule has 2 amide bonds. The molecule has 168 valence electrons. The van der Waals surface area contributed by atoms with Gasteiger partial charge in [0.15, 0.2) is 0 Å². The average molecular weight is 432 g/mol. The smallest absolute Gasteiger partial charge is 0.272 e. The standard InChI is InChI=1S/C27H33N3O2/c1-2-19-30-23-16-10-9-15-22(23)25(21-13-7-4-8-14-21)29-26(27(30)32)28-24(31)18-17-20-11-5-3-6-12-20/h4,7-10,13-16,20,26H,2-3,5-6,11-12,17-19H2,1H3,(H,28,31). The first-order valence-corrected chi connectivity index (χ1v) is 12.0. The summed E-state index contributed by atoms with van der Waals surface area (Å²) in [5, 5.41) is 2.95. The molecular weight excluding hydrogens is 398 g/mol. The molecule has 0 spiro atoms. The summed E-state index contributed by atoms with van der Waals surface area (Å²) in [5.41, 5.74) is 3.44. The molecule has 2 aliphatic rings. The fraction of sp³-hybridized carbons (Fsp3) is 0.444. The third-order valence-corrected chi connectivity index (χ3v) is 6.50. The van der Waals surface area contributed by atoms with Crippen LogP contribution in [0.25, 0.3) is 0 Å². The fourth-order valence-electron chi connectivity index (χ4n) is 4.84. The molecule has 2 aromatic rings. The zero-order valence-corrected chi connectivity index (χ0v) is 18.9. The van der Waals surface area contributed by atoms with Crippen LogP contribution >= 0.6 is 0 Å². The van der Waals surface area contributed by atoms with Crippen molar-refractivity contribution < 1.29 is 9.59 Å². The number of aliphatic imine (C=N–C) groups is 1. The van der Waals surface area contributed by atoms with E-state index in [9.17, 15) is 9.59 Å². The molecule has 1 aliphatic carbocycles. The number of anilines is 1. The third kappa shape index (κ3) is 5.09. The Morgan fingerprint density at radius 2 is 1.75 bits per heavy atom. The van der Waals surface area contributed by atoms with Crippen molar-refractivity contribution >= 4 is 23.2 Å². The number of nitrogens with zero attached hydrogens (tertiary/aromatic N) is 2. The largest absolute Gasteiger partial charge is 0.327 e. The minimum atomic E-state index is -0.914. The Balaban J connectivity index is 1.61. The average Bonchev–Trinajstić information content (AvgIpc) is 2.95. The van der Waals surface area contributed by atoms with E-state index >= 15 is 0 Å². The molecule has 1 aliphatic heterocycles. The predicted molar refractivity (Wildman–Crippen MR) is 129 cm³/mol. The maximum atomic E-state index is 13.5. The van der Waals surface area contributed by atoms with Gasteiger partial charge in [-0.15, -0.1) is 0 Å². The number of hydrogen-bond donors (Lipinski definition) is 1. The third-order valence-electron chi connectivity index (χ3n) is 6.50. The van der Waals surface area contributed by atoms with Gasteiger partial charge in [-0.25, -0.2) is 4.99 Å². The van der Waals surface area contributed by atoms with Crippen LogP contribution in [0.15, 0.2) is 59.6 Å². The van der Waals surface area contributed by atoms with Crippen molar-refractivity contribution in [2.24, 2.45) is 10.9 Å². The number of amides is 2. The number of benzodiazepines with no additional fused rings is 1. The number of para-hydroxylation sites is 1. The van der Waals surface area contributed by atoms with Gasteiger partial charge in [-0.05, 0) is 24.8 Å². The van der Waals surface area contributed by atoms with Crippen LogP contribution in [0.1, 0.15) is 69.4 Å². The molecule has 1 heterocycles. The van der Waals surface area contributed by atoms with Crippen LogP contribution in [0.3, 0.4) is 0 Å². The molecule has 5 nitrogen and oxygen atoms in total. The number of nitrogens with one attached hydrogen (secondary N) is 1. The highest BCUT2D eigenvalue weighted by Gasteiger charge is 2.32. The number of rotatable bonds is 7. The first kappa shape index (κ1) is 22.3. The zero-order valence-electron chi connectivity index (χ0n) is 18.9. The first-order valence-electron chi connectivity index (χ1n) is 12.0. The van der Waals surface area contributed by atoms with Crippen LogP contribution in [-0.4, -0.2) is 30.2 Å². The van der Waals surface area contributed by atoms with E-state index in [0.29, 0.717) is 18.9 Å². The molecule has 32 heavy (non-hydrogen) atoms. The number of benzene rings is 2. The minimum Gasteiger partial charge on any atom is -0.327 e. The summed E-state index contributed by atoms with van der Waals surface area (Å²) in [6.45, 7) is 2.64. The molecule has 1 N–H and O–H groups in total. The fourth-order valence-corrected chi connectivity index (χ4v) is 4.84. The van der Waals surface area contributed by atoms with Gasteiger partial charge in [0.2, 0.25) is 12.1 Å². The van der Waals surface area contributed by atoms with Crippen LogP contribution in [0.5, 0.6) is 0 Å². The molecule has 1 fully saturated rings. The molecule has 2 aromatic carbocycles. The van der Waals surface area contributed by atoms with E-state index in [1.165, 1.54) is 32.1 Å². The second-order valence-corrected chi connectivity index (χ2v) is 8.86. The van der Waals surface area contributed by atoms with Crippen LogP contribution in [0.2, 0.25) is 0 Å². The van der Waals surface area contributed by atoms with Gasteiger partial charge in [0, 0.05) is 24.1 Å². The monoisotopic (exact) mass is 431 g/mol. The van der Waals surface area contributed by atoms with Crippen molar-refractivity contribution in [1.82, 2.24) is 5.32 Å². The van der Waals surface area contributed by atoms with E-state index in [1.54, 1.807) is 4.90 Å². The highest BCUT2D eigenvalue weighted by Crippen LogP contribution is 2.29. The van der Waals surface area contributed by atoms with Crippen LogP contribution in [-0.2, 0) is 9.59 Å². The van der Waals surface area contributed by atoms with E-state index in [0.717, 1.165) is 35.4 Å². The van der Waals surface area contributed by atoms with E-state index < -0.39 is 6.17 Å². The highest BCUT2D eigenvalue weighted by molar-refractivity contribution is 6.20. The predicted octanol–water partition coefficient (Wildman–Crippen LogP) is 5.08. The molecule has 5 heteroatoms. The maximum Gasteiger partial charge on any atom is 0.272 e. The normalized spacial score (nSPS) is 19.2. The van der Waals surface area contributed by atoms with E-state index in [4.69, 9.17) is 4.99 Å². The lowest BCUT2D eigenvalue weighted by Crippen LogP contribution is -2.47. The van der Waals surface area contributed by atoms with Crippen molar-refractivity contribution in [3.05, 3.63) is 65.7 Å². The maximum absolute atomic E-state index is 13.5. The van der Waals surface area contributed by atoms with E-state index in [-0.39, 0.29) is 11.8 Å². The highest BCUT2D eigenvalue weighted by atomic mass is 16.2. The molecule has 0 bridgehead atoms. The molecule has 4 rings (SSSR count). The lowest BCUT2D eigenvalue weighted by molar-refractivity contribution is -0.127. The summed E-state index contributed by atoms with van der Waals surface area (Å²) < 4.78 is 0. The zero-order chi connectivity index (χ0) is 22.3. The molecule has 0 radical (unpaired) electrons. The van der Waals surface area contributed by atoms with E-state index in [1.807, 2.05) is 54.6 Å². The second-order valence-electron chi connectivity index (χ2n) is 8.86. The van der Waals surface area contributed by atoms with Crippen LogP contribution in [0.4, 0.5) is 5.69 Å². The van der Waals surface area contributed by atoms with Gasteiger partial charge in [-0.3, -0.25) is 9.59 Å². The lowest BCUT2D eigenvalue weighted by Gasteiger charge is -2.25. The van der Waals surface area contributed by atoms with Gasteiger partial charge in [-0.1, -0.05) is 87.6 Å². The minimum absolute atomic E-state index is 0.0903. The van der Waals surface area contributed by atoms with Crippen molar-refractivity contribution in [2.45, 2.75) is 64.5 Å². The molecule has 1 atom stereocenters. The molecule has 0 aromatic heterocycles. The Morgan fingerprint density at radius 1 is 1.03 bits per heavy atom. The van der Waals surface area contributed by atoms with Gasteiger partial charge in [0.1, 0.15) is 0 Å². The summed E-state index contributed by atoms with van der Waals surface area (Å²) in [6.07, 6.45) is 7.52. The lowest BCUT2D eigenvalue weighted by atomic mass is 9.86. The summed E-state index contributed by atoms with van der Waals surface area (Å²) in [5.74, 6) is 0.368. The molecule has 0 saturated heterocycles.